The molecule has 0 aliphatic heterocycles. The Bertz CT molecular complexity index is 789. The molecular weight excluding hydrogens is 318 g/mol. The molecule has 6 nitrogen and oxygen atoms in total. The molecule has 1 aromatic carbocycles. The summed E-state index contributed by atoms with van der Waals surface area (Å²) in [5.41, 5.74) is 6.36. The first kappa shape index (κ1) is 18.9. The van der Waals surface area contributed by atoms with Crippen molar-refractivity contribution >= 4 is 22.8 Å². The van der Waals surface area contributed by atoms with Gasteiger partial charge in [-0.25, -0.2) is 4.79 Å². The molecule has 0 saturated heterocycles. The molecule has 6 heteroatoms. The maximum absolute atomic E-state index is 12.3. The van der Waals surface area contributed by atoms with E-state index in [4.69, 9.17) is 10.5 Å². The summed E-state index contributed by atoms with van der Waals surface area (Å²) in [6.07, 6.45) is 0. The number of esters is 1. The minimum Gasteiger partial charge on any atom is -0.462 e. The Hall–Kier alpha value is -2.47. The maximum Gasteiger partial charge on any atom is 0.340 e. The lowest BCUT2D eigenvalue weighted by Crippen LogP contribution is -2.56. The average molecular weight is 343 g/mol. The molecule has 2 aromatic rings. The second kappa shape index (κ2) is 7.61. The molecule has 0 aliphatic rings. The van der Waals surface area contributed by atoms with Crippen LogP contribution in [0.3, 0.4) is 0 Å². The number of aromatic nitrogens is 1. The molecule has 0 saturated carbocycles. The molecule has 1 heterocycles. The number of nitrogens with two attached hydrogens (primary N) is 1. The Labute approximate surface area is 147 Å². The molecule has 1 aromatic heterocycles. The van der Waals surface area contributed by atoms with Crippen molar-refractivity contribution in [2.45, 2.75) is 39.8 Å². The number of ether oxygens (including phenoxy) is 1. The van der Waals surface area contributed by atoms with Gasteiger partial charge < -0.3 is 10.5 Å². The molecule has 0 spiro atoms. The quantitative estimate of drug-likeness (QED) is 0.753. The summed E-state index contributed by atoms with van der Waals surface area (Å²) in [7, 11) is 0. The number of hydrogen-bond acceptors (Lipinski definition) is 5. The zero-order chi connectivity index (χ0) is 18.6. The molecular formula is C19H25N3O3. The van der Waals surface area contributed by atoms with Crippen LogP contribution in [-0.2, 0) is 16.1 Å². The Morgan fingerprint density at radius 3 is 2.60 bits per heavy atom. The molecule has 1 amide bonds. The topological polar surface area (TPSA) is 94.3 Å². The normalized spacial score (nSPS) is 13.6. The predicted octanol–water partition coefficient (Wildman–Crippen LogP) is 2.40. The number of benzene rings is 1. The number of primary amides is 1. The summed E-state index contributed by atoms with van der Waals surface area (Å²) in [4.78, 5) is 28.8. The predicted molar refractivity (Wildman–Crippen MR) is 97.0 cm³/mol. The Morgan fingerprint density at radius 1 is 1.32 bits per heavy atom. The van der Waals surface area contributed by atoms with E-state index in [0.29, 0.717) is 11.3 Å². The molecule has 134 valence electrons. The number of rotatable bonds is 7. The van der Waals surface area contributed by atoms with Crippen molar-refractivity contribution in [3.63, 3.8) is 0 Å². The summed E-state index contributed by atoms with van der Waals surface area (Å²) < 4.78 is 5.15. The summed E-state index contributed by atoms with van der Waals surface area (Å²) in [6, 6.07) is 9.32. The van der Waals surface area contributed by atoms with Crippen LogP contribution in [0.25, 0.3) is 10.9 Å². The van der Waals surface area contributed by atoms with Crippen molar-refractivity contribution < 1.29 is 14.3 Å². The van der Waals surface area contributed by atoms with E-state index >= 15 is 0 Å². The summed E-state index contributed by atoms with van der Waals surface area (Å²) in [5.74, 6) is -0.889. The van der Waals surface area contributed by atoms with Gasteiger partial charge in [0.05, 0.1) is 28.9 Å². The first-order valence-corrected chi connectivity index (χ1v) is 8.40. The third kappa shape index (κ3) is 3.96. The van der Waals surface area contributed by atoms with Crippen molar-refractivity contribution in [1.82, 2.24) is 10.3 Å². The van der Waals surface area contributed by atoms with Gasteiger partial charge in [-0.2, -0.15) is 0 Å². The third-order valence-electron chi connectivity index (χ3n) is 4.59. The van der Waals surface area contributed by atoms with Gasteiger partial charge in [-0.15, -0.1) is 0 Å². The fourth-order valence-corrected chi connectivity index (χ4v) is 2.52. The van der Waals surface area contributed by atoms with Gasteiger partial charge in [0.15, 0.2) is 0 Å². The number of carbonyl (C=O) groups is 2. The van der Waals surface area contributed by atoms with Gasteiger partial charge in [-0.3, -0.25) is 15.1 Å². The smallest absolute Gasteiger partial charge is 0.340 e. The van der Waals surface area contributed by atoms with E-state index < -0.39 is 17.4 Å². The lowest BCUT2D eigenvalue weighted by Gasteiger charge is -2.31. The van der Waals surface area contributed by atoms with Crippen LogP contribution in [0.4, 0.5) is 0 Å². The molecule has 0 radical (unpaired) electrons. The van der Waals surface area contributed by atoms with Crippen LogP contribution < -0.4 is 11.1 Å². The zero-order valence-corrected chi connectivity index (χ0v) is 15.1. The van der Waals surface area contributed by atoms with E-state index in [1.165, 1.54) is 0 Å². The lowest BCUT2D eigenvalue weighted by molar-refractivity contribution is -0.125. The van der Waals surface area contributed by atoms with Crippen LogP contribution in [0.15, 0.2) is 30.3 Å². The molecule has 0 aliphatic carbocycles. The standard InChI is InChI=1S/C19H25N3O3/c1-5-25-17(23)14-10-13-8-6-7-9-15(13)22-16(14)11-21-19(4,12(2)3)18(20)24/h6-10,12,21H,5,11H2,1-4H3,(H2,20,24). The molecule has 25 heavy (non-hydrogen) atoms. The minimum absolute atomic E-state index is 0.0171. The second-order valence-electron chi connectivity index (χ2n) is 6.47. The Morgan fingerprint density at radius 2 is 2.00 bits per heavy atom. The molecule has 2 rings (SSSR count). The highest BCUT2D eigenvalue weighted by molar-refractivity contribution is 5.95. The van der Waals surface area contributed by atoms with E-state index in [1.807, 2.05) is 38.1 Å². The number of hydrogen-bond donors (Lipinski definition) is 2. The van der Waals surface area contributed by atoms with E-state index in [-0.39, 0.29) is 19.1 Å². The van der Waals surface area contributed by atoms with Gasteiger partial charge in [0, 0.05) is 11.9 Å². The Kier molecular flexibility index (Phi) is 5.74. The van der Waals surface area contributed by atoms with Crippen molar-refractivity contribution in [2.24, 2.45) is 11.7 Å². The van der Waals surface area contributed by atoms with Gasteiger partial charge in [0.25, 0.3) is 0 Å². The number of carbonyl (C=O) groups excluding carboxylic acids is 2. The van der Waals surface area contributed by atoms with Gasteiger partial charge in [-0.1, -0.05) is 32.0 Å². The summed E-state index contributed by atoms with van der Waals surface area (Å²) >= 11 is 0. The van der Waals surface area contributed by atoms with E-state index in [1.54, 1.807) is 19.9 Å². The molecule has 1 unspecified atom stereocenters. The SMILES string of the molecule is CCOC(=O)c1cc2ccccc2nc1CNC(C)(C(N)=O)C(C)C. The van der Waals surface area contributed by atoms with Crippen molar-refractivity contribution in [3.05, 3.63) is 41.6 Å². The fourth-order valence-electron chi connectivity index (χ4n) is 2.52. The first-order valence-electron chi connectivity index (χ1n) is 8.40. The monoisotopic (exact) mass is 343 g/mol. The van der Waals surface area contributed by atoms with Gasteiger partial charge in [0.1, 0.15) is 0 Å². The van der Waals surface area contributed by atoms with Gasteiger partial charge in [-0.05, 0) is 31.9 Å². The van der Waals surface area contributed by atoms with Crippen molar-refractivity contribution in [1.29, 1.82) is 0 Å². The second-order valence-corrected chi connectivity index (χ2v) is 6.47. The fraction of sp³-hybridized carbons (Fsp3) is 0.421. The first-order chi connectivity index (χ1) is 11.8. The number of para-hydroxylation sites is 1. The van der Waals surface area contributed by atoms with Crippen LogP contribution in [0, 0.1) is 5.92 Å². The maximum atomic E-state index is 12.3. The van der Waals surface area contributed by atoms with Crippen LogP contribution in [0.2, 0.25) is 0 Å². The molecule has 0 bridgehead atoms. The number of fused-ring (bicyclic) bond motifs is 1. The van der Waals surface area contributed by atoms with Gasteiger partial charge in [0.2, 0.25) is 5.91 Å². The highest BCUT2D eigenvalue weighted by Gasteiger charge is 2.34. The van der Waals surface area contributed by atoms with Crippen LogP contribution in [0.5, 0.6) is 0 Å². The highest BCUT2D eigenvalue weighted by Crippen LogP contribution is 2.21. The minimum atomic E-state index is -0.904. The van der Waals surface area contributed by atoms with Crippen LogP contribution in [-0.4, -0.2) is 29.0 Å². The Balaban J connectivity index is 2.42. The molecule has 3 N–H and O–H groups in total. The van der Waals surface area contributed by atoms with Crippen LogP contribution >= 0.6 is 0 Å². The van der Waals surface area contributed by atoms with Crippen LogP contribution in [0.1, 0.15) is 43.7 Å². The average Bonchev–Trinajstić information content (AvgIpc) is 2.58. The van der Waals surface area contributed by atoms with E-state index in [2.05, 4.69) is 10.3 Å². The van der Waals surface area contributed by atoms with E-state index in [9.17, 15) is 9.59 Å². The lowest BCUT2D eigenvalue weighted by atomic mass is 9.87. The van der Waals surface area contributed by atoms with Crippen molar-refractivity contribution in [3.8, 4) is 0 Å². The summed E-state index contributed by atoms with van der Waals surface area (Å²) in [6.45, 7) is 7.86. The van der Waals surface area contributed by atoms with Gasteiger partial charge >= 0.3 is 5.97 Å². The summed E-state index contributed by atoms with van der Waals surface area (Å²) in [5, 5.41) is 4.03. The number of pyridine rings is 1. The largest absolute Gasteiger partial charge is 0.462 e. The number of amides is 1. The highest BCUT2D eigenvalue weighted by atomic mass is 16.5. The molecule has 0 fully saturated rings. The number of nitrogens with one attached hydrogen (secondary N) is 1. The van der Waals surface area contributed by atoms with E-state index in [0.717, 1.165) is 10.9 Å². The van der Waals surface area contributed by atoms with Crippen molar-refractivity contribution in [2.75, 3.05) is 6.61 Å². The number of nitrogens with zero attached hydrogens (tertiary/aromatic N) is 1. The molecule has 1 atom stereocenters. The third-order valence-corrected chi connectivity index (χ3v) is 4.59. The zero-order valence-electron chi connectivity index (χ0n) is 15.1.